The van der Waals surface area contributed by atoms with Gasteiger partial charge >= 0.3 is 0 Å². The minimum Gasteiger partial charge on any atom is -0.392 e. The fourth-order valence-corrected chi connectivity index (χ4v) is 1.54. The van der Waals surface area contributed by atoms with Crippen molar-refractivity contribution < 1.29 is 13.2 Å². The molecule has 1 atom stereocenters. The van der Waals surface area contributed by atoms with E-state index >= 15 is 0 Å². The molecule has 7 heteroatoms. The Morgan fingerprint density at radius 2 is 2.00 bits per heavy atom. The highest BCUT2D eigenvalue weighted by atomic mass is 32.2. The largest absolute Gasteiger partial charge is 0.392 e. The normalized spacial score (nSPS) is 13.4. The van der Waals surface area contributed by atoms with Crippen molar-refractivity contribution in [3.63, 3.8) is 0 Å². The number of hydrogen-bond donors (Lipinski definition) is 1. The van der Waals surface area contributed by atoms with Crippen molar-refractivity contribution >= 4 is 33.0 Å². The number of rotatable bonds is 4. The first kappa shape index (κ1) is 13.3. The maximum Gasteiger partial charge on any atom is 0.238 e. The Labute approximate surface area is 89.2 Å². The summed E-state index contributed by atoms with van der Waals surface area (Å²) in [6.07, 6.45) is 1.00. The number of sulfone groups is 1. The molecule has 14 heavy (non-hydrogen) atoms. The molecule has 0 rings (SSSR count). The van der Waals surface area contributed by atoms with Crippen LogP contribution in [0, 0.1) is 0 Å². The van der Waals surface area contributed by atoms with E-state index in [-0.39, 0.29) is 4.99 Å². The van der Waals surface area contributed by atoms with Crippen LogP contribution in [0.15, 0.2) is 0 Å². The van der Waals surface area contributed by atoms with Crippen LogP contribution in [0.4, 0.5) is 0 Å². The molecule has 0 heterocycles. The lowest BCUT2D eigenvalue weighted by atomic mass is 10.3. The van der Waals surface area contributed by atoms with Gasteiger partial charge in [0.1, 0.15) is 5.75 Å². The van der Waals surface area contributed by atoms with Crippen LogP contribution in [0.25, 0.3) is 0 Å². The van der Waals surface area contributed by atoms with Crippen LogP contribution in [-0.2, 0) is 14.6 Å². The molecule has 0 fully saturated rings. The SMILES string of the molecule is CC(C(N)=S)N(C)C(=O)CS(C)(=O)=O. The number of thiocarbonyl (C=S) groups is 1. The van der Waals surface area contributed by atoms with Gasteiger partial charge in [0.25, 0.3) is 0 Å². The fraction of sp³-hybridized carbons (Fsp3) is 0.714. The molecule has 82 valence electrons. The summed E-state index contributed by atoms with van der Waals surface area (Å²) in [6, 6.07) is -0.431. The molecule has 0 aromatic carbocycles. The molecule has 1 unspecified atom stereocenters. The quantitative estimate of drug-likeness (QED) is 0.646. The molecule has 0 saturated carbocycles. The van der Waals surface area contributed by atoms with Gasteiger partial charge in [-0.15, -0.1) is 0 Å². The standard InChI is InChI=1S/C7H14N2O3S2/c1-5(7(8)13)9(2)6(10)4-14(3,11)12/h5H,4H2,1-3H3,(H2,8,13). The Bertz CT molecular complexity index is 337. The topological polar surface area (TPSA) is 80.5 Å². The van der Waals surface area contributed by atoms with Gasteiger partial charge in [-0.2, -0.15) is 0 Å². The van der Waals surface area contributed by atoms with E-state index in [1.54, 1.807) is 6.92 Å². The van der Waals surface area contributed by atoms with Crippen LogP contribution in [-0.4, -0.2) is 49.3 Å². The second-order valence-electron chi connectivity index (χ2n) is 3.15. The number of hydrogen-bond acceptors (Lipinski definition) is 4. The summed E-state index contributed by atoms with van der Waals surface area (Å²) in [5.41, 5.74) is 5.33. The molecule has 5 nitrogen and oxygen atoms in total. The number of likely N-dealkylation sites (N-methyl/N-ethyl adjacent to an activating group) is 1. The first-order chi connectivity index (χ1) is 6.15. The van der Waals surface area contributed by atoms with Gasteiger partial charge in [0.05, 0.1) is 11.0 Å². The molecule has 0 aliphatic rings. The van der Waals surface area contributed by atoms with Gasteiger partial charge in [0.2, 0.25) is 5.91 Å². The van der Waals surface area contributed by atoms with E-state index < -0.39 is 27.5 Å². The molecule has 0 radical (unpaired) electrons. The van der Waals surface area contributed by atoms with Crippen LogP contribution in [0.2, 0.25) is 0 Å². The molecular formula is C7H14N2O3S2. The second-order valence-corrected chi connectivity index (χ2v) is 5.76. The number of carbonyl (C=O) groups is 1. The lowest BCUT2D eigenvalue weighted by Gasteiger charge is -2.23. The Kier molecular flexibility index (Phi) is 4.47. The molecule has 2 N–H and O–H groups in total. The van der Waals surface area contributed by atoms with Gasteiger partial charge in [-0.05, 0) is 6.92 Å². The van der Waals surface area contributed by atoms with E-state index in [1.807, 2.05) is 0 Å². The minimum atomic E-state index is -3.30. The van der Waals surface area contributed by atoms with Gasteiger partial charge in [-0.25, -0.2) is 8.42 Å². The number of carbonyl (C=O) groups excluding carboxylic acids is 1. The average molecular weight is 238 g/mol. The van der Waals surface area contributed by atoms with Crippen LogP contribution in [0.5, 0.6) is 0 Å². The molecule has 0 spiro atoms. The summed E-state index contributed by atoms with van der Waals surface area (Å²) in [5.74, 6) is -1.02. The zero-order valence-corrected chi connectivity index (χ0v) is 9.98. The van der Waals surface area contributed by atoms with Crippen LogP contribution >= 0.6 is 12.2 Å². The summed E-state index contributed by atoms with van der Waals surface area (Å²) in [4.78, 5) is 12.7. The van der Waals surface area contributed by atoms with E-state index in [2.05, 4.69) is 12.2 Å². The van der Waals surface area contributed by atoms with Crippen molar-refractivity contribution in [2.24, 2.45) is 5.73 Å². The predicted molar refractivity (Wildman–Crippen MR) is 58.7 cm³/mol. The van der Waals surface area contributed by atoms with Gasteiger partial charge in [0.15, 0.2) is 9.84 Å². The Morgan fingerprint density at radius 1 is 1.57 bits per heavy atom. The van der Waals surface area contributed by atoms with Crippen LogP contribution in [0.1, 0.15) is 6.92 Å². The van der Waals surface area contributed by atoms with Crippen molar-refractivity contribution in [2.75, 3.05) is 19.1 Å². The van der Waals surface area contributed by atoms with Gasteiger partial charge in [-0.3, -0.25) is 4.79 Å². The third-order valence-corrected chi connectivity index (χ3v) is 2.88. The van der Waals surface area contributed by atoms with Gasteiger partial charge in [0, 0.05) is 13.3 Å². The zero-order chi connectivity index (χ0) is 11.5. The van der Waals surface area contributed by atoms with Crippen molar-refractivity contribution in [1.29, 1.82) is 0 Å². The summed E-state index contributed by atoms with van der Waals surface area (Å²) < 4.78 is 21.7. The van der Waals surface area contributed by atoms with Crippen molar-refractivity contribution in [3.05, 3.63) is 0 Å². The highest BCUT2D eigenvalue weighted by Gasteiger charge is 2.20. The fourth-order valence-electron chi connectivity index (χ4n) is 0.733. The Hall–Kier alpha value is -0.690. The minimum absolute atomic E-state index is 0.161. The zero-order valence-electron chi connectivity index (χ0n) is 8.35. The van der Waals surface area contributed by atoms with Crippen LogP contribution < -0.4 is 5.73 Å². The van der Waals surface area contributed by atoms with Crippen molar-refractivity contribution in [3.8, 4) is 0 Å². The molecular weight excluding hydrogens is 224 g/mol. The predicted octanol–water partition coefficient (Wildman–Crippen LogP) is -0.836. The third-order valence-electron chi connectivity index (χ3n) is 1.77. The van der Waals surface area contributed by atoms with Crippen molar-refractivity contribution in [1.82, 2.24) is 4.90 Å². The molecule has 0 aliphatic heterocycles. The number of amides is 1. The Morgan fingerprint density at radius 3 is 2.29 bits per heavy atom. The monoisotopic (exact) mass is 238 g/mol. The maximum atomic E-state index is 11.3. The summed E-state index contributed by atoms with van der Waals surface area (Å²) in [7, 11) is -1.83. The third kappa shape index (κ3) is 4.52. The average Bonchev–Trinajstić information content (AvgIpc) is 1.98. The lowest BCUT2D eigenvalue weighted by molar-refractivity contribution is -0.127. The highest BCUT2D eigenvalue weighted by molar-refractivity contribution is 7.91. The summed E-state index contributed by atoms with van der Waals surface area (Å²) >= 11 is 4.69. The van der Waals surface area contributed by atoms with Crippen LogP contribution in [0.3, 0.4) is 0 Å². The molecule has 1 amide bonds. The smallest absolute Gasteiger partial charge is 0.238 e. The van der Waals surface area contributed by atoms with E-state index in [1.165, 1.54) is 11.9 Å². The highest BCUT2D eigenvalue weighted by Crippen LogP contribution is 1.98. The number of nitrogens with two attached hydrogens (primary N) is 1. The van der Waals surface area contributed by atoms with E-state index in [9.17, 15) is 13.2 Å². The van der Waals surface area contributed by atoms with Gasteiger partial charge in [-0.1, -0.05) is 12.2 Å². The van der Waals surface area contributed by atoms with E-state index in [0.717, 1.165) is 6.26 Å². The van der Waals surface area contributed by atoms with Crippen molar-refractivity contribution in [2.45, 2.75) is 13.0 Å². The lowest BCUT2D eigenvalue weighted by Crippen LogP contribution is -2.44. The van der Waals surface area contributed by atoms with E-state index in [0.29, 0.717) is 0 Å². The first-order valence-electron chi connectivity index (χ1n) is 3.88. The maximum absolute atomic E-state index is 11.3. The molecule has 0 bridgehead atoms. The van der Waals surface area contributed by atoms with Gasteiger partial charge < -0.3 is 10.6 Å². The summed E-state index contributed by atoms with van der Waals surface area (Å²) in [6.45, 7) is 1.64. The molecule has 0 saturated heterocycles. The summed E-state index contributed by atoms with van der Waals surface area (Å²) in [5, 5.41) is 0. The Balaban J connectivity index is 4.49. The molecule has 0 aliphatic carbocycles. The second kappa shape index (κ2) is 4.70. The number of nitrogens with zero attached hydrogens (tertiary/aromatic N) is 1. The molecule has 0 aromatic heterocycles. The molecule has 0 aromatic rings. The first-order valence-corrected chi connectivity index (χ1v) is 6.34. The van der Waals surface area contributed by atoms with E-state index in [4.69, 9.17) is 5.73 Å².